The molecule has 2 bridgehead atoms. The third kappa shape index (κ3) is 1.96. The fourth-order valence-electron chi connectivity index (χ4n) is 2.67. The largest absolute Gasteiger partial charge is 0.311 e. The second kappa shape index (κ2) is 3.89. The zero-order chi connectivity index (χ0) is 10.3. The number of benzene rings is 1. The molecule has 0 spiro atoms. The summed E-state index contributed by atoms with van der Waals surface area (Å²) in [5.74, 6) is 0. The molecule has 2 aliphatic heterocycles. The van der Waals surface area contributed by atoms with Gasteiger partial charge >= 0.3 is 0 Å². The topological polar surface area (TPSA) is 15.3 Å². The lowest BCUT2D eigenvalue weighted by molar-refractivity contribution is 0.218. The molecule has 3 heteroatoms. The number of rotatable bonds is 2. The quantitative estimate of drug-likeness (QED) is 0.881. The molecule has 2 saturated heterocycles. The van der Waals surface area contributed by atoms with Crippen molar-refractivity contribution in [1.82, 2.24) is 10.2 Å². The van der Waals surface area contributed by atoms with Crippen LogP contribution in [0.5, 0.6) is 0 Å². The molecule has 0 saturated carbocycles. The Morgan fingerprint density at radius 1 is 1.33 bits per heavy atom. The van der Waals surface area contributed by atoms with Crippen LogP contribution in [-0.4, -0.2) is 30.1 Å². The van der Waals surface area contributed by atoms with E-state index >= 15 is 0 Å². The van der Waals surface area contributed by atoms with E-state index in [-0.39, 0.29) is 0 Å². The zero-order valence-electron chi connectivity index (χ0n) is 8.62. The van der Waals surface area contributed by atoms with E-state index in [1.165, 1.54) is 25.1 Å². The molecule has 15 heavy (non-hydrogen) atoms. The summed E-state index contributed by atoms with van der Waals surface area (Å²) in [7, 11) is 0. The highest BCUT2D eigenvalue weighted by Gasteiger charge is 2.36. The molecule has 1 aromatic rings. The Bertz CT molecular complexity index is 349. The summed E-state index contributed by atoms with van der Waals surface area (Å²) in [5, 5.41) is 3.53. The van der Waals surface area contributed by atoms with Crippen LogP contribution in [0.1, 0.15) is 12.0 Å². The fraction of sp³-hybridized carbons (Fsp3) is 0.500. The molecule has 0 amide bonds. The molecule has 0 aliphatic carbocycles. The lowest BCUT2D eigenvalue weighted by atomic mass is 10.2. The minimum Gasteiger partial charge on any atom is -0.311 e. The number of fused-ring (bicyclic) bond motifs is 2. The maximum Gasteiger partial charge on any atom is 0.0240 e. The summed E-state index contributed by atoms with van der Waals surface area (Å²) in [6, 6.07) is 10.2. The van der Waals surface area contributed by atoms with Crippen LogP contribution in [-0.2, 0) is 6.54 Å². The van der Waals surface area contributed by atoms with E-state index in [1.807, 2.05) is 0 Å². The Hall–Kier alpha value is -0.380. The Morgan fingerprint density at radius 3 is 2.73 bits per heavy atom. The van der Waals surface area contributed by atoms with Gasteiger partial charge in [0.2, 0.25) is 0 Å². The third-order valence-corrected chi connectivity index (χ3v) is 4.00. The first-order valence-corrected chi connectivity index (χ1v) is 6.32. The molecular formula is C12H15BrN2. The third-order valence-electron chi connectivity index (χ3n) is 3.47. The van der Waals surface area contributed by atoms with Gasteiger partial charge in [-0.15, -0.1) is 0 Å². The first-order valence-electron chi connectivity index (χ1n) is 5.53. The van der Waals surface area contributed by atoms with Crippen LogP contribution in [0.4, 0.5) is 0 Å². The Balaban J connectivity index is 1.68. The van der Waals surface area contributed by atoms with Crippen LogP contribution in [0.25, 0.3) is 0 Å². The molecule has 80 valence electrons. The monoisotopic (exact) mass is 266 g/mol. The van der Waals surface area contributed by atoms with Crippen LogP contribution < -0.4 is 5.32 Å². The first kappa shape index (κ1) is 9.82. The second-order valence-electron chi connectivity index (χ2n) is 4.55. The highest BCUT2D eigenvalue weighted by atomic mass is 79.9. The molecule has 2 heterocycles. The van der Waals surface area contributed by atoms with Gasteiger partial charge in [0, 0.05) is 36.2 Å². The summed E-state index contributed by atoms with van der Waals surface area (Å²) < 4.78 is 1.16. The zero-order valence-corrected chi connectivity index (χ0v) is 10.2. The van der Waals surface area contributed by atoms with Crippen LogP contribution in [0.3, 0.4) is 0 Å². The molecule has 2 aliphatic rings. The molecule has 1 aromatic carbocycles. The molecule has 0 radical (unpaired) electrons. The number of nitrogens with one attached hydrogen (secondary N) is 1. The Labute approximate surface area is 98.8 Å². The molecule has 3 rings (SSSR count). The molecular weight excluding hydrogens is 252 g/mol. The Morgan fingerprint density at radius 2 is 2.13 bits per heavy atom. The highest BCUT2D eigenvalue weighted by molar-refractivity contribution is 9.10. The van der Waals surface area contributed by atoms with Crippen LogP contribution in [0.2, 0.25) is 0 Å². The van der Waals surface area contributed by atoms with E-state index in [4.69, 9.17) is 0 Å². The van der Waals surface area contributed by atoms with Crippen molar-refractivity contribution < 1.29 is 0 Å². The predicted molar refractivity (Wildman–Crippen MR) is 64.7 cm³/mol. The van der Waals surface area contributed by atoms with Crippen molar-refractivity contribution in [2.75, 3.05) is 13.1 Å². The maximum absolute atomic E-state index is 3.53. The summed E-state index contributed by atoms with van der Waals surface area (Å²) in [6.07, 6.45) is 1.34. The minimum atomic E-state index is 0.755. The number of halogens is 1. The van der Waals surface area contributed by atoms with Crippen LogP contribution >= 0.6 is 15.9 Å². The van der Waals surface area contributed by atoms with E-state index < -0.39 is 0 Å². The molecule has 2 atom stereocenters. The number of hydrogen-bond donors (Lipinski definition) is 1. The number of likely N-dealkylation sites (tertiary alicyclic amines) is 1. The molecule has 0 unspecified atom stereocenters. The van der Waals surface area contributed by atoms with E-state index in [1.54, 1.807) is 0 Å². The van der Waals surface area contributed by atoms with Crippen LogP contribution in [0.15, 0.2) is 28.7 Å². The molecule has 0 aromatic heterocycles. The van der Waals surface area contributed by atoms with Crippen molar-refractivity contribution in [3.8, 4) is 0 Å². The maximum atomic E-state index is 3.53. The van der Waals surface area contributed by atoms with Gasteiger partial charge in [-0.05, 0) is 24.1 Å². The lowest BCUT2D eigenvalue weighted by Gasteiger charge is -2.27. The number of nitrogens with zero attached hydrogens (tertiary/aromatic N) is 1. The van der Waals surface area contributed by atoms with E-state index in [9.17, 15) is 0 Å². The average Bonchev–Trinajstić information content (AvgIpc) is 2.83. The van der Waals surface area contributed by atoms with E-state index in [0.29, 0.717) is 0 Å². The summed E-state index contributed by atoms with van der Waals surface area (Å²) in [4.78, 5) is 2.60. The molecule has 1 N–H and O–H groups in total. The van der Waals surface area contributed by atoms with Crippen molar-refractivity contribution in [1.29, 1.82) is 0 Å². The van der Waals surface area contributed by atoms with Gasteiger partial charge in [-0.3, -0.25) is 4.90 Å². The summed E-state index contributed by atoms with van der Waals surface area (Å²) in [5.41, 5.74) is 1.42. The fourth-order valence-corrected chi connectivity index (χ4v) is 2.93. The first-order chi connectivity index (χ1) is 7.31. The van der Waals surface area contributed by atoms with E-state index in [0.717, 1.165) is 23.1 Å². The highest BCUT2D eigenvalue weighted by Crippen LogP contribution is 2.25. The van der Waals surface area contributed by atoms with Gasteiger partial charge < -0.3 is 5.32 Å². The van der Waals surface area contributed by atoms with Gasteiger partial charge in [0.1, 0.15) is 0 Å². The SMILES string of the molecule is Brc1ccc(CN2C[C@@H]3C[C@@H]2CN3)cc1. The van der Waals surface area contributed by atoms with E-state index in [2.05, 4.69) is 50.4 Å². The van der Waals surface area contributed by atoms with Gasteiger partial charge in [-0.2, -0.15) is 0 Å². The Kier molecular flexibility index (Phi) is 2.54. The van der Waals surface area contributed by atoms with Crippen molar-refractivity contribution in [2.45, 2.75) is 25.0 Å². The predicted octanol–water partition coefficient (Wildman–Crippen LogP) is 2.00. The lowest BCUT2D eigenvalue weighted by Crippen LogP contribution is -2.42. The van der Waals surface area contributed by atoms with Crippen molar-refractivity contribution in [2.24, 2.45) is 0 Å². The summed E-state index contributed by atoms with van der Waals surface area (Å²) in [6.45, 7) is 3.51. The van der Waals surface area contributed by atoms with Crippen LogP contribution in [0, 0.1) is 0 Å². The average molecular weight is 267 g/mol. The minimum absolute atomic E-state index is 0.755. The number of piperazine rings is 1. The van der Waals surface area contributed by atoms with Crippen molar-refractivity contribution >= 4 is 15.9 Å². The normalized spacial score (nSPS) is 29.9. The van der Waals surface area contributed by atoms with Gasteiger partial charge in [0.05, 0.1) is 0 Å². The smallest absolute Gasteiger partial charge is 0.0240 e. The van der Waals surface area contributed by atoms with Gasteiger partial charge in [0.15, 0.2) is 0 Å². The number of hydrogen-bond acceptors (Lipinski definition) is 2. The van der Waals surface area contributed by atoms with Crippen molar-refractivity contribution in [3.63, 3.8) is 0 Å². The molecule has 2 nitrogen and oxygen atoms in total. The van der Waals surface area contributed by atoms with Gasteiger partial charge in [-0.1, -0.05) is 28.1 Å². The summed E-state index contributed by atoms with van der Waals surface area (Å²) >= 11 is 3.47. The standard InChI is InChI=1S/C12H15BrN2/c13-10-3-1-9(2-4-10)7-15-8-11-5-12(15)6-14-11/h1-4,11-12,14H,5-8H2/t11-,12+/m0/s1. The second-order valence-corrected chi connectivity index (χ2v) is 5.47. The molecule has 2 fully saturated rings. The van der Waals surface area contributed by atoms with Gasteiger partial charge in [-0.25, -0.2) is 0 Å². The van der Waals surface area contributed by atoms with Gasteiger partial charge in [0.25, 0.3) is 0 Å². The van der Waals surface area contributed by atoms with Crippen molar-refractivity contribution in [3.05, 3.63) is 34.3 Å².